The van der Waals surface area contributed by atoms with Crippen molar-refractivity contribution >= 4 is 17.7 Å². The van der Waals surface area contributed by atoms with Crippen molar-refractivity contribution in [2.45, 2.75) is 31.9 Å². The van der Waals surface area contributed by atoms with E-state index < -0.39 is 5.60 Å². The highest BCUT2D eigenvalue weighted by atomic mass is 32.2. The minimum atomic E-state index is -1.11. The van der Waals surface area contributed by atoms with Gasteiger partial charge < -0.3 is 10.0 Å². The van der Waals surface area contributed by atoms with Gasteiger partial charge in [-0.05, 0) is 36.8 Å². The van der Waals surface area contributed by atoms with Crippen LogP contribution in [0, 0.1) is 6.92 Å². The standard InChI is InChI=1S/C18H26N2O2S/c1-15-3-2-4-16(13-15)14-19-7-9-20(10-8-19)17(21)18(22)5-11-23-12-6-18/h2-4,13,22H,5-12,14H2,1H3. The summed E-state index contributed by atoms with van der Waals surface area (Å²) < 4.78 is 0. The maximum Gasteiger partial charge on any atom is 0.254 e. The van der Waals surface area contributed by atoms with E-state index in [0.29, 0.717) is 12.8 Å². The van der Waals surface area contributed by atoms with Crippen molar-refractivity contribution in [1.29, 1.82) is 0 Å². The molecule has 0 unspecified atom stereocenters. The van der Waals surface area contributed by atoms with Crippen molar-refractivity contribution in [3.8, 4) is 0 Å². The summed E-state index contributed by atoms with van der Waals surface area (Å²) in [5, 5.41) is 10.6. The lowest BCUT2D eigenvalue weighted by atomic mass is 9.94. The SMILES string of the molecule is Cc1cccc(CN2CCN(C(=O)C3(O)CCSCC3)CC2)c1. The lowest BCUT2D eigenvalue weighted by molar-refractivity contribution is -0.154. The Balaban J connectivity index is 1.53. The van der Waals surface area contributed by atoms with Crippen molar-refractivity contribution in [2.24, 2.45) is 0 Å². The normalized spacial score (nSPS) is 22.1. The van der Waals surface area contributed by atoms with Crippen LogP contribution in [-0.2, 0) is 11.3 Å². The van der Waals surface area contributed by atoms with Crippen LogP contribution in [0.1, 0.15) is 24.0 Å². The molecule has 0 atom stereocenters. The molecule has 1 aromatic carbocycles. The third-order valence-electron chi connectivity index (χ3n) is 4.87. The van der Waals surface area contributed by atoms with Crippen LogP contribution in [0.15, 0.2) is 24.3 Å². The number of benzene rings is 1. The van der Waals surface area contributed by atoms with E-state index in [0.717, 1.165) is 44.2 Å². The fraction of sp³-hybridized carbons (Fsp3) is 0.611. The monoisotopic (exact) mass is 334 g/mol. The molecule has 3 rings (SSSR count). The first-order valence-electron chi connectivity index (χ1n) is 8.44. The van der Waals surface area contributed by atoms with E-state index in [2.05, 4.69) is 36.1 Å². The van der Waals surface area contributed by atoms with Gasteiger partial charge in [-0.3, -0.25) is 9.69 Å². The second-order valence-electron chi connectivity index (χ2n) is 6.70. The van der Waals surface area contributed by atoms with Crippen LogP contribution in [0.25, 0.3) is 0 Å². The van der Waals surface area contributed by atoms with Gasteiger partial charge >= 0.3 is 0 Å². The van der Waals surface area contributed by atoms with Gasteiger partial charge in [0.25, 0.3) is 5.91 Å². The molecule has 4 nitrogen and oxygen atoms in total. The van der Waals surface area contributed by atoms with Crippen molar-refractivity contribution in [1.82, 2.24) is 9.80 Å². The molecule has 2 fully saturated rings. The number of hydrogen-bond donors (Lipinski definition) is 1. The Bertz CT molecular complexity index is 550. The zero-order chi connectivity index (χ0) is 16.3. The maximum atomic E-state index is 12.6. The van der Waals surface area contributed by atoms with E-state index in [9.17, 15) is 9.90 Å². The number of carbonyl (C=O) groups is 1. The number of piperazine rings is 1. The number of nitrogens with zero attached hydrogens (tertiary/aromatic N) is 2. The van der Waals surface area contributed by atoms with Gasteiger partial charge in [-0.15, -0.1) is 0 Å². The lowest BCUT2D eigenvalue weighted by Crippen LogP contribution is -2.56. The lowest BCUT2D eigenvalue weighted by Gasteiger charge is -2.40. The fourth-order valence-electron chi connectivity index (χ4n) is 3.40. The summed E-state index contributed by atoms with van der Waals surface area (Å²) in [6, 6.07) is 8.59. The summed E-state index contributed by atoms with van der Waals surface area (Å²) in [6.45, 7) is 6.25. The molecule has 1 amide bonds. The molecule has 1 aromatic rings. The highest BCUT2D eigenvalue weighted by Crippen LogP contribution is 2.29. The average molecular weight is 334 g/mol. The number of aliphatic hydroxyl groups is 1. The largest absolute Gasteiger partial charge is 0.380 e. The van der Waals surface area contributed by atoms with Crippen LogP contribution >= 0.6 is 11.8 Å². The second-order valence-corrected chi connectivity index (χ2v) is 7.93. The van der Waals surface area contributed by atoms with Gasteiger partial charge in [-0.25, -0.2) is 0 Å². The average Bonchev–Trinajstić information content (AvgIpc) is 2.56. The first-order chi connectivity index (χ1) is 11.1. The zero-order valence-corrected chi connectivity index (χ0v) is 14.6. The zero-order valence-electron chi connectivity index (χ0n) is 13.8. The second kappa shape index (κ2) is 7.24. The summed E-state index contributed by atoms with van der Waals surface area (Å²) in [7, 11) is 0. The number of rotatable bonds is 3. The molecule has 2 heterocycles. The Morgan fingerprint density at radius 1 is 1.22 bits per heavy atom. The minimum Gasteiger partial charge on any atom is -0.380 e. The number of aryl methyl sites for hydroxylation is 1. The fourth-order valence-corrected chi connectivity index (χ4v) is 4.56. The van der Waals surface area contributed by atoms with Crippen molar-refractivity contribution in [3.63, 3.8) is 0 Å². The Morgan fingerprint density at radius 3 is 2.57 bits per heavy atom. The molecular formula is C18H26N2O2S. The van der Waals surface area contributed by atoms with Gasteiger partial charge in [0.15, 0.2) is 0 Å². The van der Waals surface area contributed by atoms with E-state index in [-0.39, 0.29) is 5.91 Å². The van der Waals surface area contributed by atoms with E-state index in [1.165, 1.54) is 11.1 Å². The van der Waals surface area contributed by atoms with E-state index in [4.69, 9.17) is 0 Å². The quantitative estimate of drug-likeness (QED) is 0.917. The van der Waals surface area contributed by atoms with Crippen molar-refractivity contribution < 1.29 is 9.90 Å². The Morgan fingerprint density at radius 2 is 1.91 bits per heavy atom. The maximum absolute atomic E-state index is 12.6. The topological polar surface area (TPSA) is 43.8 Å². The molecule has 0 spiro atoms. The van der Waals surface area contributed by atoms with Gasteiger partial charge in [-0.2, -0.15) is 11.8 Å². The molecule has 23 heavy (non-hydrogen) atoms. The van der Waals surface area contributed by atoms with Crippen LogP contribution in [0.3, 0.4) is 0 Å². The first-order valence-corrected chi connectivity index (χ1v) is 9.60. The van der Waals surface area contributed by atoms with E-state index >= 15 is 0 Å². The molecular weight excluding hydrogens is 308 g/mol. The number of amides is 1. The van der Waals surface area contributed by atoms with Crippen LogP contribution in [0.5, 0.6) is 0 Å². The molecule has 2 saturated heterocycles. The highest BCUT2D eigenvalue weighted by Gasteiger charge is 2.40. The van der Waals surface area contributed by atoms with Crippen LogP contribution in [0.2, 0.25) is 0 Å². The summed E-state index contributed by atoms with van der Waals surface area (Å²) >= 11 is 1.83. The predicted octanol–water partition coefficient (Wildman–Crippen LogP) is 1.90. The van der Waals surface area contributed by atoms with Gasteiger partial charge in [0.05, 0.1) is 0 Å². The van der Waals surface area contributed by atoms with Gasteiger partial charge in [0.2, 0.25) is 0 Å². The smallest absolute Gasteiger partial charge is 0.254 e. The molecule has 1 N–H and O–H groups in total. The molecule has 0 aliphatic carbocycles. The Labute approximate surface area is 142 Å². The van der Waals surface area contributed by atoms with E-state index in [1.54, 1.807) is 0 Å². The molecule has 0 aromatic heterocycles. The molecule has 0 saturated carbocycles. The number of carbonyl (C=O) groups excluding carboxylic acids is 1. The molecule has 5 heteroatoms. The summed E-state index contributed by atoms with van der Waals surface area (Å²) in [4.78, 5) is 16.9. The van der Waals surface area contributed by atoms with Crippen LogP contribution in [0.4, 0.5) is 0 Å². The third-order valence-corrected chi connectivity index (χ3v) is 5.85. The van der Waals surface area contributed by atoms with Crippen molar-refractivity contribution in [2.75, 3.05) is 37.7 Å². The first kappa shape index (κ1) is 16.8. The third kappa shape index (κ3) is 4.08. The Hall–Kier alpha value is -1.04. The summed E-state index contributed by atoms with van der Waals surface area (Å²) in [5.41, 5.74) is 1.51. The molecule has 0 bridgehead atoms. The van der Waals surface area contributed by atoms with Crippen LogP contribution in [-0.4, -0.2) is 64.1 Å². The molecule has 2 aliphatic rings. The predicted molar refractivity (Wildman–Crippen MR) is 94.5 cm³/mol. The number of thioether (sulfide) groups is 1. The van der Waals surface area contributed by atoms with Crippen molar-refractivity contribution in [3.05, 3.63) is 35.4 Å². The molecule has 0 radical (unpaired) electrons. The van der Waals surface area contributed by atoms with Gasteiger partial charge in [0.1, 0.15) is 5.60 Å². The molecule has 2 aliphatic heterocycles. The van der Waals surface area contributed by atoms with Crippen LogP contribution < -0.4 is 0 Å². The highest BCUT2D eigenvalue weighted by molar-refractivity contribution is 7.99. The minimum absolute atomic E-state index is 0.0481. The summed E-state index contributed by atoms with van der Waals surface area (Å²) in [5.74, 6) is 1.72. The Kier molecular flexibility index (Phi) is 5.29. The molecule has 126 valence electrons. The van der Waals surface area contributed by atoms with Gasteiger partial charge in [-0.1, -0.05) is 29.8 Å². The van der Waals surface area contributed by atoms with E-state index in [1.807, 2.05) is 16.7 Å². The number of hydrogen-bond acceptors (Lipinski definition) is 4. The van der Waals surface area contributed by atoms with Gasteiger partial charge in [0, 0.05) is 32.7 Å². The summed E-state index contributed by atoms with van der Waals surface area (Å²) in [6.07, 6.45) is 1.19.